The second-order valence-electron chi connectivity index (χ2n) is 6.27. The van der Waals surface area contributed by atoms with E-state index in [1.165, 1.54) is 11.1 Å². The molecule has 1 atom stereocenters. The van der Waals surface area contributed by atoms with Crippen molar-refractivity contribution in [3.05, 3.63) is 35.4 Å². The maximum absolute atomic E-state index is 12.4. The molecule has 2 heteroatoms. The van der Waals surface area contributed by atoms with Crippen LogP contribution in [0.15, 0.2) is 24.3 Å². The molecule has 1 aromatic carbocycles. The van der Waals surface area contributed by atoms with Crippen LogP contribution < -0.4 is 0 Å². The molecule has 1 unspecified atom stereocenters. The van der Waals surface area contributed by atoms with Gasteiger partial charge in [0.1, 0.15) is 0 Å². The number of benzene rings is 1. The summed E-state index contributed by atoms with van der Waals surface area (Å²) in [6.07, 6.45) is 2.10. The van der Waals surface area contributed by atoms with Gasteiger partial charge in [-0.05, 0) is 36.3 Å². The molecular weight excluding hydrogens is 234 g/mol. The summed E-state index contributed by atoms with van der Waals surface area (Å²) in [6.45, 7) is 10.1. The number of amides is 1. The van der Waals surface area contributed by atoms with Crippen molar-refractivity contribution in [2.45, 2.75) is 47.1 Å². The highest BCUT2D eigenvalue weighted by atomic mass is 16.2. The summed E-state index contributed by atoms with van der Waals surface area (Å²) >= 11 is 0. The molecule has 104 valence electrons. The molecular formula is C17H25NO. The highest BCUT2D eigenvalue weighted by Gasteiger charge is 2.51. The van der Waals surface area contributed by atoms with Gasteiger partial charge >= 0.3 is 0 Å². The lowest BCUT2D eigenvalue weighted by molar-refractivity contribution is -0.133. The molecule has 2 rings (SSSR count). The summed E-state index contributed by atoms with van der Waals surface area (Å²) in [6, 6.07) is 8.61. The Balaban J connectivity index is 2.00. The number of nitrogens with zero attached hydrogens (tertiary/aromatic N) is 1. The zero-order valence-corrected chi connectivity index (χ0v) is 12.6. The Kier molecular flexibility index (Phi) is 3.98. The Hall–Kier alpha value is -1.31. The van der Waals surface area contributed by atoms with Crippen LogP contribution in [0.25, 0.3) is 0 Å². The lowest BCUT2D eigenvalue weighted by atomic mass is 10.1. The Morgan fingerprint density at radius 1 is 1.21 bits per heavy atom. The fourth-order valence-electron chi connectivity index (χ4n) is 2.56. The van der Waals surface area contributed by atoms with E-state index in [1.807, 2.05) is 4.90 Å². The predicted octanol–water partition coefficient (Wildman–Crippen LogP) is 3.64. The normalized spacial score (nSPS) is 20.1. The molecule has 19 heavy (non-hydrogen) atoms. The van der Waals surface area contributed by atoms with Crippen LogP contribution >= 0.6 is 0 Å². The molecule has 0 aromatic heterocycles. The first-order valence-corrected chi connectivity index (χ1v) is 7.34. The Morgan fingerprint density at radius 3 is 2.16 bits per heavy atom. The maximum atomic E-state index is 12.4. The van der Waals surface area contributed by atoms with E-state index in [-0.39, 0.29) is 11.3 Å². The lowest BCUT2D eigenvalue weighted by Crippen LogP contribution is -2.32. The minimum absolute atomic E-state index is 0.219. The second kappa shape index (κ2) is 5.36. The van der Waals surface area contributed by atoms with Gasteiger partial charge in [-0.25, -0.2) is 0 Å². The molecule has 1 fully saturated rings. The average molecular weight is 259 g/mol. The van der Waals surface area contributed by atoms with Crippen molar-refractivity contribution in [3.63, 3.8) is 0 Å². The van der Waals surface area contributed by atoms with Gasteiger partial charge in [-0.3, -0.25) is 4.79 Å². The van der Waals surface area contributed by atoms with Gasteiger partial charge in [0.05, 0.1) is 0 Å². The third-order valence-electron chi connectivity index (χ3n) is 4.31. The van der Waals surface area contributed by atoms with E-state index in [9.17, 15) is 4.79 Å². The summed E-state index contributed by atoms with van der Waals surface area (Å²) in [4.78, 5) is 14.4. The summed E-state index contributed by atoms with van der Waals surface area (Å²) < 4.78 is 0. The number of carbonyl (C=O) groups excluding carboxylic acids is 1. The van der Waals surface area contributed by atoms with E-state index in [2.05, 4.69) is 52.0 Å². The standard InChI is InChI=1S/C17H25NO/c1-5-13-7-9-14(10-8-13)12-18(6-2)16(19)15-11-17(15,3)4/h7-10,15H,5-6,11-12H2,1-4H3. The molecule has 0 radical (unpaired) electrons. The van der Waals surface area contributed by atoms with Crippen molar-refractivity contribution >= 4 is 5.91 Å². The van der Waals surface area contributed by atoms with Crippen molar-refractivity contribution in [3.8, 4) is 0 Å². The smallest absolute Gasteiger partial charge is 0.226 e. The molecule has 1 aliphatic rings. The first-order valence-electron chi connectivity index (χ1n) is 7.34. The maximum Gasteiger partial charge on any atom is 0.226 e. The summed E-state index contributed by atoms with van der Waals surface area (Å²) in [5, 5.41) is 0. The van der Waals surface area contributed by atoms with Gasteiger partial charge in [-0.1, -0.05) is 45.0 Å². The van der Waals surface area contributed by atoms with Crippen LogP contribution in [-0.2, 0) is 17.8 Å². The topological polar surface area (TPSA) is 20.3 Å². The predicted molar refractivity (Wildman–Crippen MR) is 78.8 cm³/mol. The molecule has 1 saturated carbocycles. The molecule has 0 aliphatic heterocycles. The number of rotatable bonds is 5. The lowest BCUT2D eigenvalue weighted by Gasteiger charge is -2.22. The number of hydrogen-bond donors (Lipinski definition) is 0. The van der Waals surface area contributed by atoms with Gasteiger partial charge < -0.3 is 4.90 Å². The first-order chi connectivity index (χ1) is 8.97. The number of hydrogen-bond acceptors (Lipinski definition) is 1. The van der Waals surface area contributed by atoms with Crippen molar-refractivity contribution in [2.24, 2.45) is 11.3 Å². The Labute approximate surface area is 116 Å². The van der Waals surface area contributed by atoms with E-state index >= 15 is 0 Å². The second-order valence-corrected chi connectivity index (χ2v) is 6.27. The monoisotopic (exact) mass is 259 g/mol. The summed E-state index contributed by atoms with van der Waals surface area (Å²) in [5.74, 6) is 0.564. The SMILES string of the molecule is CCc1ccc(CN(CC)C(=O)C2CC2(C)C)cc1. The molecule has 0 N–H and O–H groups in total. The quantitative estimate of drug-likeness (QED) is 0.790. The zero-order chi connectivity index (χ0) is 14.0. The van der Waals surface area contributed by atoms with E-state index in [0.29, 0.717) is 5.91 Å². The third kappa shape index (κ3) is 3.17. The molecule has 1 aliphatic carbocycles. The van der Waals surface area contributed by atoms with Crippen LogP contribution in [0, 0.1) is 11.3 Å². The van der Waals surface area contributed by atoms with Crippen LogP contribution in [0.3, 0.4) is 0 Å². The molecule has 1 aromatic rings. The van der Waals surface area contributed by atoms with E-state index in [0.717, 1.165) is 25.9 Å². The Bertz CT molecular complexity index is 447. The highest BCUT2D eigenvalue weighted by molar-refractivity contribution is 5.82. The third-order valence-corrected chi connectivity index (χ3v) is 4.31. The number of aryl methyl sites for hydroxylation is 1. The van der Waals surface area contributed by atoms with Gasteiger partial charge in [0.2, 0.25) is 5.91 Å². The minimum atomic E-state index is 0.219. The fourth-order valence-corrected chi connectivity index (χ4v) is 2.56. The van der Waals surface area contributed by atoms with Gasteiger partial charge in [0, 0.05) is 19.0 Å². The molecule has 0 saturated heterocycles. The van der Waals surface area contributed by atoms with Crippen LogP contribution in [0.5, 0.6) is 0 Å². The van der Waals surface area contributed by atoms with Crippen LogP contribution in [-0.4, -0.2) is 17.4 Å². The fraction of sp³-hybridized carbons (Fsp3) is 0.588. The number of carbonyl (C=O) groups is 1. The molecule has 0 bridgehead atoms. The van der Waals surface area contributed by atoms with Gasteiger partial charge in [-0.2, -0.15) is 0 Å². The van der Waals surface area contributed by atoms with Gasteiger partial charge in [0.25, 0.3) is 0 Å². The van der Waals surface area contributed by atoms with E-state index in [4.69, 9.17) is 0 Å². The summed E-state index contributed by atoms with van der Waals surface area (Å²) in [5.41, 5.74) is 2.80. The van der Waals surface area contributed by atoms with Crippen LogP contribution in [0.4, 0.5) is 0 Å². The van der Waals surface area contributed by atoms with Crippen molar-refractivity contribution in [1.82, 2.24) is 4.90 Å². The first kappa shape index (κ1) is 14.1. The average Bonchev–Trinajstić information content (AvgIpc) is 3.05. The zero-order valence-electron chi connectivity index (χ0n) is 12.6. The van der Waals surface area contributed by atoms with E-state index in [1.54, 1.807) is 0 Å². The molecule has 0 heterocycles. The van der Waals surface area contributed by atoms with E-state index < -0.39 is 0 Å². The van der Waals surface area contributed by atoms with Crippen molar-refractivity contribution < 1.29 is 4.79 Å². The molecule has 1 amide bonds. The highest BCUT2D eigenvalue weighted by Crippen LogP contribution is 2.52. The largest absolute Gasteiger partial charge is 0.338 e. The minimum Gasteiger partial charge on any atom is -0.338 e. The Morgan fingerprint density at radius 2 is 1.74 bits per heavy atom. The van der Waals surface area contributed by atoms with Gasteiger partial charge in [-0.15, -0.1) is 0 Å². The van der Waals surface area contributed by atoms with Crippen LogP contribution in [0.2, 0.25) is 0 Å². The molecule has 0 spiro atoms. The van der Waals surface area contributed by atoms with Gasteiger partial charge in [0.15, 0.2) is 0 Å². The van der Waals surface area contributed by atoms with Crippen LogP contribution in [0.1, 0.15) is 45.2 Å². The summed E-state index contributed by atoms with van der Waals surface area (Å²) in [7, 11) is 0. The molecule has 2 nitrogen and oxygen atoms in total. The van der Waals surface area contributed by atoms with Crippen molar-refractivity contribution in [2.75, 3.05) is 6.54 Å². The van der Waals surface area contributed by atoms with Crippen molar-refractivity contribution in [1.29, 1.82) is 0 Å².